The zero-order valence-electron chi connectivity index (χ0n) is 11.6. The van der Waals surface area contributed by atoms with E-state index >= 15 is 0 Å². The molecule has 0 radical (unpaired) electrons. The minimum Gasteiger partial charge on any atom is -0.364 e. The predicted octanol–water partition coefficient (Wildman–Crippen LogP) is 1.45. The summed E-state index contributed by atoms with van der Waals surface area (Å²) in [5.74, 6) is 0.220. The van der Waals surface area contributed by atoms with Crippen LogP contribution in [0.1, 0.15) is 22.0 Å². The van der Waals surface area contributed by atoms with Crippen molar-refractivity contribution in [2.24, 2.45) is 12.8 Å². The average molecular weight is 269 g/mol. The summed E-state index contributed by atoms with van der Waals surface area (Å²) in [7, 11) is 1.91. The highest BCUT2D eigenvalue weighted by Crippen LogP contribution is 2.24. The zero-order valence-corrected chi connectivity index (χ0v) is 11.6. The minimum atomic E-state index is -0.513. The average Bonchev–Trinajstić information content (AvgIpc) is 2.92. The lowest BCUT2D eigenvalue weighted by Gasteiger charge is -2.04. The molecule has 0 spiro atoms. The van der Waals surface area contributed by atoms with Gasteiger partial charge in [0.05, 0.1) is 11.7 Å². The van der Waals surface area contributed by atoms with Crippen LogP contribution >= 0.6 is 0 Å². The van der Waals surface area contributed by atoms with Gasteiger partial charge in [0.1, 0.15) is 5.82 Å². The quantitative estimate of drug-likeness (QED) is 0.764. The summed E-state index contributed by atoms with van der Waals surface area (Å²) in [5.41, 5.74) is 9.53. The Hall–Kier alpha value is -2.63. The Morgan fingerprint density at radius 3 is 2.65 bits per heavy atom. The van der Waals surface area contributed by atoms with Gasteiger partial charge >= 0.3 is 0 Å². The van der Waals surface area contributed by atoms with Gasteiger partial charge in [-0.1, -0.05) is 6.07 Å². The number of carbonyl (C=O) groups excluding carboxylic acids is 1. The minimum absolute atomic E-state index is 0.303. The fourth-order valence-corrected chi connectivity index (χ4v) is 2.36. The van der Waals surface area contributed by atoms with E-state index in [1.165, 1.54) is 0 Å². The molecule has 3 rings (SSSR count). The second-order valence-electron chi connectivity index (χ2n) is 4.81. The van der Waals surface area contributed by atoms with Crippen LogP contribution in [0.4, 0.5) is 0 Å². The maximum Gasteiger partial charge on any atom is 0.269 e. The maximum absolute atomic E-state index is 11.4. The van der Waals surface area contributed by atoms with E-state index in [0.717, 1.165) is 28.2 Å². The van der Waals surface area contributed by atoms with E-state index in [2.05, 4.69) is 10.1 Å². The van der Waals surface area contributed by atoms with Crippen molar-refractivity contribution in [3.63, 3.8) is 0 Å². The smallest absolute Gasteiger partial charge is 0.269 e. The third kappa shape index (κ3) is 1.69. The Kier molecular flexibility index (Phi) is 2.60. The standard InChI is InChI=1S/C14H15N5O/c1-8-11(6-16-18(8)3)10-4-5-12-13(14(15)20)17-9(2)19(12)7-10/h4-7H,1-3H3,(H2,15,20). The van der Waals surface area contributed by atoms with E-state index in [-0.39, 0.29) is 0 Å². The molecule has 0 aliphatic rings. The first-order valence-corrected chi connectivity index (χ1v) is 6.26. The second-order valence-corrected chi connectivity index (χ2v) is 4.81. The molecule has 0 saturated carbocycles. The second kappa shape index (κ2) is 4.19. The number of amides is 1. The summed E-state index contributed by atoms with van der Waals surface area (Å²) in [6.45, 7) is 3.86. The lowest BCUT2D eigenvalue weighted by molar-refractivity contribution is 0.0997. The molecule has 0 bridgehead atoms. The summed E-state index contributed by atoms with van der Waals surface area (Å²) in [6, 6.07) is 3.81. The van der Waals surface area contributed by atoms with Gasteiger partial charge in [0.15, 0.2) is 5.69 Å². The molecule has 0 aliphatic heterocycles. The van der Waals surface area contributed by atoms with E-state index in [0.29, 0.717) is 5.69 Å². The lowest BCUT2D eigenvalue weighted by Crippen LogP contribution is -2.11. The molecule has 102 valence electrons. The van der Waals surface area contributed by atoms with Crippen LogP contribution in [0, 0.1) is 13.8 Å². The molecule has 0 fully saturated rings. The van der Waals surface area contributed by atoms with Crippen molar-refractivity contribution in [1.82, 2.24) is 19.2 Å². The molecular weight excluding hydrogens is 254 g/mol. The molecule has 3 aromatic rings. The Balaban J connectivity index is 2.24. The summed E-state index contributed by atoms with van der Waals surface area (Å²) in [5, 5.41) is 4.25. The highest BCUT2D eigenvalue weighted by molar-refractivity contribution is 5.98. The van der Waals surface area contributed by atoms with Gasteiger partial charge in [0.2, 0.25) is 0 Å². The first kappa shape index (κ1) is 12.4. The van der Waals surface area contributed by atoms with Gasteiger partial charge < -0.3 is 10.1 Å². The van der Waals surface area contributed by atoms with Crippen LogP contribution in [0.15, 0.2) is 24.5 Å². The van der Waals surface area contributed by atoms with Gasteiger partial charge in [0.25, 0.3) is 5.91 Å². The predicted molar refractivity (Wildman–Crippen MR) is 75.4 cm³/mol. The molecule has 6 nitrogen and oxygen atoms in total. The summed E-state index contributed by atoms with van der Waals surface area (Å²) >= 11 is 0. The van der Waals surface area contributed by atoms with Crippen molar-refractivity contribution < 1.29 is 4.79 Å². The maximum atomic E-state index is 11.4. The van der Waals surface area contributed by atoms with Gasteiger partial charge in [-0.05, 0) is 19.9 Å². The third-order valence-corrected chi connectivity index (χ3v) is 3.59. The van der Waals surface area contributed by atoms with Crippen molar-refractivity contribution in [2.45, 2.75) is 13.8 Å². The normalized spacial score (nSPS) is 11.2. The van der Waals surface area contributed by atoms with Crippen LogP contribution in [-0.2, 0) is 7.05 Å². The number of nitrogens with two attached hydrogens (primary N) is 1. The zero-order chi connectivity index (χ0) is 14.4. The van der Waals surface area contributed by atoms with Gasteiger partial charge in [-0.3, -0.25) is 9.48 Å². The number of carbonyl (C=O) groups is 1. The summed E-state index contributed by atoms with van der Waals surface area (Å²) in [4.78, 5) is 15.6. The molecule has 0 atom stereocenters. The van der Waals surface area contributed by atoms with Crippen LogP contribution in [0.5, 0.6) is 0 Å². The number of primary amides is 1. The number of imidazole rings is 1. The molecule has 20 heavy (non-hydrogen) atoms. The number of hydrogen-bond acceptors (Lipinski definition) is 3. The number of aryl methyl sites for hydroxylation is 2. The van der Waals surface area contributed by atoms with Crippen LogP contribution < -0.4 is 5.73 Å². The van der Waals surface area contributed by atoms with Crippen molar-refractivity contribution in [3.05, 3.63) is 41.7 Å². The molecule has 0 saturated heterocycles. The van der Waals surface area contributed by atoms with Crippen LogP contribution in [0.25, 0.3) is 16.6 Å². The molecule has 0 aliphatic carbocycles. The Morgan fingerprint density at radius 1 is 1.30 bits per heavy atom. The molecule has 1 amide bonds. The Morgan fingerprint density at radius 2 is 2.05 bits per heavy atom. The van der Waals surface area contributed by atoms with Crippen molar-refractivity contribution in [1.29, 1.82) is 0 Å². The number of aromatic nitrogens is 4. The van der Waals surface area contributed by atoms with Crippen molar-refractivity contribution >= 4 is 11.4 Å². The van der Waals surface area contributed by atoms with Crippen LogP contribution in [0.3, 0.4) is 0 Å². The first-order chi connectivity index (χ1) is 9.49. The molecular formula is C14H15N5O. The summed E-state index contributed by atoms with van der Waals surface area (Å²) in [6.07, 6.45) is 3.78. The molecule has 0 unspecified atom stereocenters. The molecule has 3 heterocycles. The molecule has 3 aromatic heterocycles. The van der Waals surface area contributed by atoms with E-state index in [4.69, 9.17) is 5.73 Å². The lowest BCUT2D eigenvalue weighted by atomic mass is 10.1. The van der Waals surface area contributed by atoms with Gasteiger partial charge in [-0.15, -0.1) is 0 Å². The van der Waals surface area contributed by atoms with Crippen molar-refractivity contribution in [2.75, 3.05) is 0 Å². The van der Waals surface area contributed by atoms with Gasteiger partial charge in [0, 0.05) is 30.1 Å². The Bertz CT molecular complexity index is 828. The van der Waals surface area contributed by atoms with Gasteiger partial charge in [-0.25, -0.2) is 4.98 Å². The monoisotopic (exact) mass is 269 g/mol. The summed E-state index contributed by atoms with van der Waals surface area (Å²) < 4.78 is 3.71. The third-order valence-electron chi connectivity index (χ3n) is 3.59. The number of fused-ring (bicyclic) bond motifs is 1. The largest absolute Gasteiger partial charge is 0.364 e. The van der Waals surface area contributed by atoms with E-state index in [1.807, 2.05) is 54.5 Å². The number of nitrogens with zero attached hydrogens (tertiary/aromatic N) is 4. The first-order valence-electron chi connectivity index (χ1n) is 6.26. The molecule has 0 aromatic carbocycles. The Labute approximate surface area is 115 Å². The SMILES string of the molecule is Cc1c(-c2ccc3c(C(N)=O)nc(C)n3c2)cnn1C. The highest BCUT2D eigenvalue weighted by Gasteiger charge is 2.14. The highest BCUT2D eigenvalue weighted by atomic mass is 16.1. The fourth-order valence-electron chi connectivity index (χ4n) is 2.36. The number of rotatable bonds is 2. The van der Waals surface area contributed by atoms with E-state index in [1.54, 1.807) is 0 Å². The molecule has 2 N–H and O–H groups in total. The fraction of sp³-hybridized carbons (Fsp3) is 0.214. The van der Waals surface area contributed by atoms with E-state index in [9.17, 15) is 4.79 Å². The van der Waals surface area contributed by atoms with Crippen LogP contribution in [-0.4, -0.2) is 25.1 Å². The van der Waals surface area contributed by atoms with Crippen LogP contribution in [0.2, 0.25) is 0 Å². The topological polar surface area (TPSA) is 78.2 Å². The number of pyridine rings is 1. The number of hydrogen-bond donors (Lipinski definition) is 1. The molecule has 6 heteroatoms. The van der Waals surface area contributed by atoms with Crippen molar-refractivity contribution in [3.8, 4) is 11.1 Å². The van der Waals surface area contributed by atoms with Gasteiger partial charge in [-0.2, -0.15) is 5.10 Å². The van der Waals surface area contributed by atoms with E-state index < -0.39 is 5.91 Å².